The van der Waals surface area contributed by atoms with Gasteiger partial charge in [0.2, 0.25) is 0 Å². The third-order valence-electron chi connectivity index (χ3n) is 4.05. The van der Waals surface area contributed by atoms with Gasteiger partial charge < -0.3 is 5.32 Å². The number of benzene rings is 1. The van der Waals surface area contributed by atoms with Crippen molar-refractivity contribution in [1.82, 2.24) is 25.5 Å². The molecule has 1 aliphatic carbocycles. The molecule has 1 unspecified atom stereocenters. The maximum atomic E-state index is 4.13. The predicted molar refractivity (Wildman–Crippen MR) is 77.4 cm³/mol. The number of para-hydroxylation sites is 1. The van der Waals surface area contributed by atoms with Gasteiger partial charge in [0.15, 0.2) is 5.82 Å². The highest BCUT2D eigenvalue weighted by Gasteiger charge is 2.30. The van der Waals surface area contributed by atoms with Crippen LogP contribution in [0.2, 0.25) is 0 Å². The molecule has 0 radical (unpaired) electrons. The van der Waals surface area contributed by atoms with E-state index >= 15 is 0 Å². The lowest BCUT2D eigenvalue weighted by Gasteiger charge is -2.17. The lowest BCUT2D eigenvalue weighted by atomic mass is 9.92. The third kappa shape index (κ3) is 2.88. The minimum atomic E-state index is 0.461. The molecule has 1 saturated carbocycles. The van der Waals surface area contributed by atoms with Gasteiger partial charge in [-0.15, -0.1) is 5.10 Å². The van der Waals surface area contributed by atoms with E-state index in [-0.39, 0.29) is 0 Å². The summed E-state index contributed by atoms with van der Waals surface area (Å²) in [6.07, 6.45) is 3.74. The van der Waals surface area contributed by atoms with Crippen LogP contribution in [0.15, 0.2) is 30.3 Å². The van der Waals surface area contributed by atoms with Gasteiger partial charge in [-0.1, -0.05) is 32.0 Å². The fourth-order valence-corrected chi connectivity index (χ4v) is 2.93. The molecular formula is C15H21N5. The number of hydrogen-bond donors (Lipinski definition) is 1. The van der Waals surface area contributed by atoms with Crippen molar-refractivity contribution in [3.63, 3.8) is 0 Å². The molecule has 0 saturated heterocycles. The minimum Gasteiger partial charge on any atom is -0.307 e. The first-order valence-corrected chi connectivity index (χ1v) is 7.20. The van der Waals surface area contributed by atoms with Gasteiger partial charge in [0.05, 0.1) is 12.2 Å². The molecule has 1 aromatic heterocycles. The van der Waals surface area contributed by atoms with Crippen LogP contribution in [0.4, 0.5) is 0 Å². The molecule has 1 N–H and O–H groups in total. The second-order valence-corrected chi connectivity index (χ2v) is 6.33. The molecule has 5 heteroatoms. The summed E-state index contributed by atoms with van der Waals surface area (Å²) in [5.74, 6) is 0.862. The largest absolute Gasteiger partial charge is 0.307 e. The molecule has 1 atom stereocenters. The standard InChI is InChI=1S/C15H21N5/c1-15(2)9-8-12(10-15)16-11-14-17-18-19-20(14)13-6-4-3-5-7-13/h3-7,12,16H,8-11H2,1-2H3. The van der Waals surface area contributed by atoms with Gasteiger partial charge in [0.25, 0.3) is 0 Å². The molecule has 1 aromatic carbocycles. The number of tetrazole rings is 1. The zero-order valence-corrected chi connectivity index (χ0v) is 12.1. The Morgan fingerprint density at radius 1 is 1.30 bits per heavy atom. The maximum Gasteiger partial charge on any atom is 0.170 e. The van der Waals surface area contributed by atoms with Gasteiger partial charge >= 0.3 is 0 Å². The Morgan fingerprint density at radius 3 is 2.80 bits per heavy atom. The quantitative estimate of drug-likeness (QED) is 0.927. The van der Waals surface area contributed by atoms with Crippen LogP contribution in [-0.4, -0.2) is 26.2 Å². The van der Waals surface area contributed by atoms with Gasteiger partial charge in [-0.05, 0) is 47.2 Å². The Hall–Kier alpha value is -1.75. The van der Waals surface area contributed by atoms with Crippen molar-refractivity contribution in [2.45, 2.75) is 45.7 Å². The van der Waals surface area contributed by atoms with Gasteiger partial charge in [-0.3, -0.25) is 0 Å². The monoisotopic (exact) mass is 271 g/mol. The fourth-order valence-electron chi connectivity index (χ4n) is 2.93. The first-order chi connectivity index (χ1) is 9.64. The van der Waals surface area contributed by atoms with Crippen molar-refractivity contribution in [3.05, 3.63) is 36.2 Å². The Kier molecular flexibility index (Phi) is 3.53. The molecule has 0 bridgehead atoms. The van der Waals surface area contributed by atoms with Crippen LogP contribution in [0.1, 0.15) is 38.9 Å². The van der Waals surface area contributed by atoms with Crippen LogP contribution < -0.4 is 5.32 Å². The summed E-state index contributed by atoms with van der Waals surface area (Å²) in [7, 11) is 0. The Labute approximate surface area is 119 Å². The number of rotatable bonds is 4. The van der Waals surface area contributed by atoms with Gasteiger partial charge in [-0.2, -0.15) is 4.68 Å². The summed E-state index contributed by atoms with van der Waals surface area (Å²) in [6, 6.07) is 10.6. The first kappa shape index (κ1) is 13.2. The van der Waals surface area contributed by atoms with E-state index in [0.29, 0.717) is 18.0 Å². The number of hydrogen-bond acceptors (Lipinski definition) is 4. The van der Waals surface area contributed by atoms with E-state index in [9.17, 15) is 0 Å². The summed E-state index contributed by atoms with van der Waals surface area (Å²) in [5.41, 5.74) is 1.46. The van der Waals surface area contributed by atoms with Gasteiger partial charge in [0.1, 0.15) is 0 Å². The van der Waals surface area contributed by atoms with E-state index in [4.69, 9.17) is 0 Å². The molecule has 5 nitrogen and oxygen atoms in total. The molecule has 1 fully saturated rings. The van der Waals surface area contributed by atoms with Crippen LogP contribution in [0.5, 0.6) is 0 Å². The molecule has 0 aliphatic heterocycles. The maximum absolute atomic E-state index is 4.13. The van der Waals surface area contributed by atoms with Crippen molar-refractivity contribution in [1.29, 1.82) is 0 Å². The topological polar surface area (TPSA) is 55.6 Å². The second-order valence-electron chi connectivity index (χ2n) is 6.33. The summed E-state index contributed by atoms with van der Waals surface area (Å²) in [5, 5.41) is 15.6. The summed E-state index contributed by atoms with van der Waals surface area (Å²) in [6.45, 7) is 5.38. The Balaban J connectivity index is 1.66. The average molecular weight is 271 g/mol. The van der Waals surface area contributed by atoms with E-state index in [0.717, 1.165) is 11.5 Å². The Bertz CT molecular complexity index is 561. The zero-order chi connectivity index (χ0) is 14.0. The predicted octanol–water partition coefficient (Wildman–Crippen LogP) is 2.33. The Morgan fingerprint density at radius 2 is 2.10 bits per heavy atom. The molecule has 0 amide bonds. The van der Waals surface area contributed by atoms with Crippen molar-refractivity contribution < 1.29 is 0 Å². The molecule has 20 heavy (non-hydrogen) atoms. The smallest absolute Gasteiger partial charge is 0.170 e. The summed E-state index contributed by atoms with van der Waals surface area (Å²) >= 11 is 0. The minimum absolute atomic E-state index is 0.461. The fraction of sp³-hybridized carbons (Fsp3) is 0.533. The van der Waals surface area contributed by atoms with Gasteiger partial charge in [-0.25, -0.2) is 0 Å². The van der Waals surface area contributed by atoms with E-state index < -0.39 is 0 Å². The van der Waals surface area contributed by atoms with Crippen LogP contribution in [0.3, 0.4) is 0 Å². The summed E-state index contributed by atoms with van der Waals surface area (Å²) in [4.78, 5) is 0. The van der Waals surface area contributed by atoms with E-state index in [1.54, 1.807) is 4.68 Å². The molecular weight excluding hydrogens is 250 g/mol. The van der Waals surface area contributed by atoms with E-state index in [1.807, 2.05) is 30.3 Å². The number of aromatic nitrogens is 4. The van der Waals surface area contributed by atoms with Crippen LogP contribution in [0.25, 0.3) is 5.69 Å². The molecule has 106 valence electrons. The van der Waals surface area contributed by atoms with E-state index in [1.165, 1.54) is 19.3 Å². The number of nitrogens with one attached hydrogen (secondary N) is 1. The third-order valence-corrected chi connectivity index (χ3v) is 4.05. The lowest BCUT2D eigenvalue weighted by molar-refractivity contribution is 0.363. The average Bonchev–Trinajstić information content (AvgIpc) is 3.03. The summed E-state index contributed by atoms with van der Waals surface area (Å²) < 4.78 is 1.80. The van der Waals surface area contributed by atoms with Crippen LogP contribution in [0, 0.1) is 5.41 Å². The normalized spacial score (nSPS) is 21.2. The highest BCUT2D eigenvalue weighted by molar-refractivity contribution is 5.30. The molecule has 3 rings (SSSR count). The van der Waals surface area contributed by atoms with Gasteiger partial charge in [0, 0.05) is 6.04 Å². The van der Waals surface area contributed by atoms with E-state index in [2.05, 4.69) is 34.7 Å². The molecule has 2 aromatic rings. The van der Waals surface area contributed by atoms with Crippen molar-refractivity contribution in [2.75, 3.05) is 0 Å². The SMILES string of the molecule is CC1(C)CCC(NCc2nnnn2-c2ccccc2)C1. The zero-order valence-electron chi connectivity index (χ0n) is 12.1. The van der Waals surface area contributed by atoms with Crippen LogP contribution >= 0.6 is 0 Å². The van der Waals surface area contributed by atoms with Crippen molar-refractivity contribution in [2.24, 2.45) is 5.41 Å². The second kappa shape index (κ2) is 5.32. The van der Waals surface area contributed by atoms with Crippen LogP contribution in [-0.2, 0) is 6.54 Å². The highest BCUT2D eigenvalue weighted by Crippen LogP contribution is 2.36. The molecule has 0 spiro atoms. The van der Waals surface area contributed by atoms with Crippen molar-refractivity contribution in [3.8, 4) is 5.69 Å². The lowest BCUT2D eigenvalue weighted by Crippen LogP contribution is -2.28. The first-order valence-electron chi connectivity index (χ1n) is 7.20. The highest BCUT2D eigenvalue weighted by atomic mass is 15.5. The number of nitrogens with zero attached hydrogens (tertiary/aromatic N) is 4. The molecule has 1 heterocycles. The molecule has 1 aliphatic rings. The van der Waals surface area contributed by atoms with Crippen molar-refractivity contribution >= 4 is 0 Å².